The highest BCUT2D eigenvalue weighted by molar-refractivity contribution is 9.10. The molecule has 2 nitrogen and oxygen atoms in total. The molecule has 0 spiro atoms. The van der Waals surface area contributed by atoms with Crippen molar-refractivity contribution in [2.45, 2.75) is 52.0 Å². The summed E-state index contributed by atoms with van der Waals surface area (Å²) in [5.74, 6) is 0.953. The lowest BCUT2D eigenvalue weighted by molar-refractivity contribution is 0.304. The molecule has 3 heteroatoms. The first-order valence-electron chi connectivity index (χ1n) is 7.28. The van der Waals surface area contributed by atoms with Crippen molar-refractivity contribution < 1.29 is 4.74 Å². The van der Waals surface area contributed by atoms with Gasteiger partial charge in [0.05, 0.1) is 6.61 Å². The van der Waals surface area contributed by atoms with E-state index in [4.69, 9.17) is 4.74 Å². The Labute approximate surface area is 126 Å². The molecule has 0 fully saturated rings. The third-order valence-corrected chi connectivity index (χ3v) is 4.07. The van der Waals surface area contributed by atoms with E-state index in [1.54, 1.807) is 0 Å². The molecular weight excluding hydrogens is 302 g/mol. The molecule has 19 heavy (non-hydrogen) atoms. The first kappa shape index (κ1) is 16.5. The third-order valence-electron chi connectivity index (χ3n) is 3.39. The smallest absolute Gasteiger partial charge is 0.120 e. The molecule has 0 heterocycles. The van der Waals surface area contributed by atoms with Crippen LogP contribution in [0, 0.1) is 0 Å². The van der Waals surface area contributed by atoms with Crippen LogP contribution in [0.3, 0.4) is 0 Å². The number of ether oxygens (including phenoxy) is 1. The van der Waals surface area contributed by atoms with Crippen molar-refractivity contribution >= 4 is 15.9 Å². The number of rotatable bonds is 9. The molecule has 0 bridgehead atoms. The average Bonchev–Trinajstić information content (AvgIpc) is 2.42. The fraction of sp³-hybridized carbons (Fsp3) is 0.625. The van der Waals surface area contributed by atoms with Crippen molar-refractivity contribution in [3.63, 3.8) is 0 Å². The van der Waals surface area contributed by atoms with Crippen LogP contribution in [-0.4, -0.2) is 13.7 Å². The first-order valence-corrected chi connectivity index (χ1v) is 8.07. The molecule has 0 saturated heterocycles. The lowest BCUT2D eigenvalue weighted by Gasteiger charge is -2.14. The number of nitrogens with one attached hydrogen (secondary N) is 1. The molecule has 1 atom stereocenters. The zero-order valence-corrected chi connectivity index (χ0v) is 13.9. The molecule has 1 N–H and O–H groups in total. The Hall–Kier alpha value is -0.540. The van der Waals surface area contributed by atoms with Crippen LogP contribution in [0.15, 0.2) is 22.7 Å². The maximum absolute atomic E-state index is 5.79. The van der Waals surface area contributed by atoms with Crippen LogP contribution in [0.1, 0.15) is 57.6 Å². The Kier molecular flexibility index (Phi) is 8.15. The summed E-state index contributed by atoms with van der Waals surface area (Å²) in [4.78, 5) is 0. The van der Waals surface area contributed by atoms with Crippen LogP contribution in [0.5, 0.6) is 5.75 Å². The number of unbranched alkanes of at least 4 members (excludes halogenated alkanes) is 4. The Balaban J connectivity index is 2.37. The number of benzene rings is 1. The van der Waals surface area contributed by atoms with Crippen LogP contribution in [-0.2, 0) is 0 Å². The summed E-state index contributed by atoms with van der Waals surface area (Å²) in [6.07, 6.45) is 6.36. The van der Waals surface area contributed by atoms with E-state index in [0.29, 0.717) is 6.04 Å². The summed E-state index contributed by atoms with van der Waals surface area (Å²) in [6, 6.07) is 6.59. The molecule has 0 saturated carbocycles. The SMILES string of the molecule is CCCCCCCOc1ccc(C(C)NC)c(Br)c1. The minimum Gasteiger partial charge on any atom is -0.494 e. The lowest BCUT2D eigenvalue weighted by atomic mass is 10.1. The summed E-state index contributed by atoms with van der Waals surface area (Å²) in [5, 5.41) is 3.24. The molecule has 1 rings (SSSR count). The van der Waals surface area contributed by atoms with Gasteiger partial charge in [-0.1, -0.05) is 54.6 Å². The van der Waals surface area contributed by atoms with E-state index in [0.717, 1.165) is 23.2 Å². The Bertz CT molecular complexity index is 368. The van der Waals surface area contributed by atoms with Crippen LogP contribution >= 0.6 is 15.9 Å². The second-order valence-electron chi connectivity index (χ2n) is 4.96. The van der Waals surface area contributed by atoms with Gasteiger partial charge in [-0.05, 0) is 38.1 Å². The summed E-state index contributed by atoms with van der Waals surface area (Å²) >= 11 is 3.61. The second-order valence-corrected chi connectivity index (χ2v) is 5.81. The Morgan fingerprint density at radius 2 is 1.95 bits per heavy atom. The highest BCUT2D eigenvalue weighted by Crippen LogP contribution is 2.27. The van der Waals surface area contributed by atoms with Crippen molar-refractivity contribution in [2.75, 3.05) is 13.7 Å². The molecule has 0 amide bonds. The van der Waals surface area contributed by atoms with Gasteiger partial charge in [-0.15, -0.1) is 0 Å². The predicted molar refractivity (Wildman–Crippen MR) is 85.9 cm³/mol. The quantitative estimate of drug-likeness (QED) is 0.638. The van der Waals surface area contributed by atoms with Gasteiger partial charge in [-0.3, -0.25) is 0 Å². The van der Waals surface area contributed by atoms with Crippen LogP contribution in [0.25, 0.3) is 0 Å². The highest BCUT2D eigenvalue weighted by Gasteiger charge is 2.08. The fourth-order valence-corrected chi connectivity index (χ4v) is 2.70. The van der Waals surface area contributed by atoms with Crippen LogP contribution in [0.2, 0.25) is 0 Å². The maximum atomic E-state index is 5.79. The van der Waals surface area contributed by atoms with Gasteiger partial charge >= 0.3 is 0 Å². The highest BCUT2D eigenvalue weighted by atomic mass is 79.9. The molecule has 0 aliphatic heterocycles. The fourth-order valence-electron chi connectivity index (χ4n) is 2.00. The van der Waals surface area contributed by atoms with E-state index >= 15 is 0 Å². The average molecular weight is 328 g/mol. The van der Waals surface area contributed by atoms with E-state index < -0.39 is 0 Å². The van der Waals surface area contributed by atoms with E-state index in [1.165, 1.54) is 31.2 Å². The van der Waals surface area contributed by atoms with Gasteiger partial charge in [0.2, 0.25) is 0 Å². The van der Waals surface area contributed by atoms with Crippen molar-refractivity contribution in [3.05, 3.63) is 28.2 Å². The molecule has 0 aliphatic rings. The molecular formula is C16H26BrNO. The molecule has 0 aromatic heterocycles. The van der Waals surface area contributed by atoms with Gasteiger partial charge < -0.3 is 10.1 Å². The second kappa shape index (κ2) is 9.38. The van der Waals surface area contributed by atoms with Gasteiger partial charge in [0, 0.05) is 10.5 Å². The molecule has 0 radical (unpaired) electrons. The van der Waals surface area contributed by atoms with E-state index in [2.05, 4.69) is 53.3 Å². The molecule has 1 unspecified atom stereocenters. The van der Waals surface area contributed by atoms with Crippen LogP contribution in [0.4, 0.5) is 0 Å². The van der Waals surface area contributed by atoms with E-state index in [-0.39, 0.29) is 0 Å². The van der Waals surface area contributed by atoms with Gasteiger partial charge in [0.15, 0.2) is 0 Å². The zero-order valence-electron chi connectivity index (χ0n) is 12.3. The Morgan fingerprint density at radius 3 is 2.58 bits per heavy atom. The van der Waals surface area contributed by atoms with Gasteiger partial charge in [0.25, 0.3) is 0 Å². The standard InChI is InChI=1S/C16H26BrNO/c1-4-5-6-7-8-11-19-14-9-10-15(13(2)18-3)16(17)12-14/h9-10,12-13,18H,4-8,11H2,1-3H3. The summed E-state index contributed by atoms with van der Waals surface area (Å²) in [7, 11) is 1.97. The predicted octanol–water partition coefficient (Wildman–Crippen LogP) is 5.08. The van der Waals surface area contributed by atoms with E-state index in [1.807, 2.05) is 7.05 Å². The Morgan fingerprint density at radius 1 is 1.21 bits per heavy atom. The number of hydrogen-bond donors (Lipinski definition) is 1. The topological polar surface area (TPSA) is 21.3 Å². The molecule has 0 aliphatic carbocycles. The summed E-state index contributed by atoms with van der Waals surface area (Å²) < 4.78 is 6.89. The largest absolute Gasteiger partial charge is 0.494 e. The van der Waals surface area contributed by atoms with Gasteiger partial charge in [0.1, 0.15) is 5.75 Å². The molecule has 1 aromatic carbocycles. The third kappa shape index (κ3) is 5.96. The normalized spacial score (nSPS) is 12.4. The number of hydrogen-bond acceptors (Lipinski definition) is 2. The zero-order chi connectivity index (χ0) is 14.1. The van der Waals surface area contributed by atoms with Gasteiger partial charge in [-0.25, -0.2) is 0 Å². The van der Waals surface area contributed by atoms with Crippen molar-refractivity contribution in [1.82, 2.24) is 5.32 Å². The van der Waals surface area contributed by atoms with Crippen molar-refractivity contribution in [1.29, 1.82) is 0 Å². The number of halogens is 1. The van der Waals surface area contributed by atoms with Gasteiger partial charge in [-0.2, -0.15) is 0 Å². The van der Waals surface area contributed by atoms with Crippen molar-refractivity contribution in [3.8, 4) is 5.75 Å². The van der Waals surface area contributed by atoms with E-state index in [9.17, 15) is 0 Å². The monoisotopic (exact) mass is 327 g/mol. The summed E-state index contributed by atoms with van der Waals surface area (Å²) in [6.45, 7) is 5.20. The molecule has 1 aromatic rings. The summed E-state index contributed by atoms with van der Waals surface area (Å²) in [5.41, 5.74) is 1.26. The van der Waals surface area contributed by atoms with Crippen LogP contribution < -0.4 is 10.1 Å². The lowest BCUT2D eigenvalue weighted by Crippen LogP contribution is -2.12. The molecule has 108 valence electrons. The first-order chi connectivity index (χ1) is 9.19. The maximum Gasteiger partial charge on any atom is 0.120 e. The minimum atomic E-state index is 0.345. The van der Waals surface area contributed by atoms with Crippen molar-refractivity contribution in [2.24, 2.45) is 0 Å². The minimum absolute atomic E-state index is 0.345.